The zero-order valence-electron chi connectivity index (χ0n) is 28.3. The molecule has 0 radical (unpaired) electrons. The van der Waals surface area contributed by atoms with E-state index in [1.807, 2.05) is 30.5 Å². The first-order chi connectivity index (χ1) is 22.8. The molecule has 0 saturated heterocycles. The van der Waals surface area contributed by atoms with Crippen molar-refractivity contribution < 1.29 is 4.74 Å². The standard InChI is InChI=1S/C41H41N5O/c1-8-29-22-32(44(6)7)23-30(9-2)41(29)40-27(4)43-46(28(40)5)31-13-12-14-33(24-31)47-34-17-18-36-35-15-10-11-16-37(35)45(38(36)25-34)39-21-26(3)19-20-42-39/h10-25H,8-9H2,1-7H3. The van der Waals surface area contributed by atoms with Crippen molar-refractivity contribution in [1.82, 2.24) is 19.3 Å². The summed E-state index contributed by atoms with van der Waals surface area (Å²) in [4.78, 5) is 6.91. The van der Waals surface area contributed by atoms with Gasteiger partial charge in [-0.05, 0) is 110 Å². The number of rotatable bonds is 8. The molecule has 6 nitrogen and oxygen atoms in total. The molecule has 6 heteroatoms. The van der Waals surface area contributed by atoms with Crippen LogP contribution >= 0.6 is 0 Å². The minimum atomic E-state index is 0.756. The monoisotopic (exact) mass is 619 g/mol. The number of aryl methyl sites for hydroxylation is 4. The fraction of sp³-hybridized carbons (Fsp3) is 0.220. The molecule has 0 aliphatic heterocycles. The number of ether oxygens (including phenoxy) is 1. The first-order valence-corrected chi connectivity index (χ1v) is 16.4. The SMILES string of the molecule is CCc1cc(N(C)C)cc(CC)c1-c1c(C)nn(-c2cccc(Oc3ccc4c5ccccc5n(-c5cc(C)ccn5)c4c3)c2)c1C. The average molecular weight is 620 g/mol. The molecule has 0 atom stereocenters. The van der Waals surface area contributed by atoms with Crippen LogP contribution in [0.1, 0.15) is 41.9 Å². The van der Waals surface area contributed by atoms with Gasteiger partial charge in [-0.2, -0.15) is 5.10 Å². The smallest absolute Gasteiger partial charge is 0.137 e. The largest absolute Gasteiger partial charge is 0.457 e. The highest BCUT2D eigenvalue weighted by molar-refractivity contribution is 6.09. The second kappa shape index (κ2) is 12.1. The highest BCUT2D eigenvalue weighted by atomic mass is 16.5. The summed E-state index contributed by atoms with van der Waals surface area (Å²) >= 11 is 0. The van der Waals surface area contributed by atoms with Gasteiger partial charge in [-0.25, -0.2) is 9.67 Å². The topological polar surface area (TPSA) is 48.1 Å². The van der Waals surface area contributed by atoms with E-state index in [1.54, 1.807) is 0 Å². The van der Waals surface area contributed by atoms with Crippen molar-refractivity contribution >= 4 is 27.5 Å². The van der Waals surface area contributed by atoms with E-state index in [9.17, 15) is 0 Å². The molecule has 7 aromatic rings. The van der Waals surface area contributed by atoms with E-state index >= 15 is 0 Å². The van der Waals surface area contributed by atoms with E-state index in [-0.39, 0.29) is 0 Å². The highest BCUT2D eigenvalue weighted by Crippen LogP contribution is 2.38. The molecule has 4 aromatic carbocycles. The van der Waals surface area contributed by atoms with Crippen LogP contribution < -0.4 is 9.64 Å². The zero-order chi connectivity index (χ0) is 32.8. The third kappa shape index (κ3) is 5.34. The Morgan fingerprint density at radius 2 is 1.43 bits per heavy atom. The lowest BCUT2D eigenvalue weighted by Crippen LogP contribution is -2.10. The molecule has 0 N–H and O–H groups in total. The third-order valence-electron chi connectivity index (χ3n) is 9.18. The predicted molar refractivity (Wildman–Crippen MR) is 195 cm³/mol. The Hall–Kier alpha value is -5.36. The van der Waals surface area contributed by atoms with Crippen molar-refractivity contribution in [3.63, 3.8) is 0 Å². The van der Waals surface area contributed by atoms with Gasteiger partial charge in [-0.15, -0.1) is 0 Å². The van der Waals surface area contributed by atoms with E-state index in [0.717, 1.165) is 63.7 Å². The molecule has 0 aliphatic carbocycles. The van der Waals surface area contributed by atoms with Gasteiger partial charge in [0.05, 0.1) is 22.4 Å². The number of para-hydroxylation sites is 1. The Balaban J connectivity index is 1.28. The van der Waals surface area contributed by atoms with Crippen LogP contribution in [-0.2, 0) is 12.8 Å². The van der Waals surface area contributed by atoms with Crippen molar-refractivity contribution in [3.8, 4) is 34.1 Å². The highest BCUT2D eigenvalue weighted by Gasteiger charge is 2.21. The van der Waals surface area contributed by atoms with E-state index in [0.29, 0.717) is 0 Å². The maximum Gasteiger partial charge on any atom is 0.137 e. The number of nitrogens with zero attached hydrogens (tertiary/aromatic N) is 5. The van der Waals surface area contributed by atoms with Gasteiger partial charge in [-0.3, -0.25) is 4.57 Å². The lowest BCUT2D eigenvalue weighted by Gasteiger charge is -2.20. The Kier molecular flexibility index (Phi) is 7.80. The molecule has 0 saturated carbocycles. The van der Waals surface area contributed by atoms with Crippen molar-refractivity contribution in [2.45, 2.75) is 47.5 Å². The van der Waals surface area contributed by atoms with Crippen molar-refractivity contribution in [2.24, 2.45) is 0 Å². The Bertz CT molecular complexity index is 2250. The van der Waals surface area contributed by atoms with Gasteiger partial charge in [0.1, 0.15) is 17.3 Å². The third-order valence-corrected chi connectivity index (χ3v) is 9.18. The normalized spacial score (nSPS) is 11.5. The first-order valence-electron chi connectivity index (χ1n) is 16.4. The molecule has 0 unspecified atom stereocenters. The summed E-state index contributed by atoms with van der Waals surface area (Å²) < 4.78 is 10.8. The Morgan fingerprint density at radius 1 is 0.702 bits per heavy atom. The summed E-state index contributed by atoms with van der Waals surface area (Å²) in [5, 5.41) is 7.42. The molecule has 47 heavy (non-hydrogen) atoms. The maximum absolute atomic E-state index is 6.55. The number of anilines is 1. The lowest BCUT2D eigenvalue weighted by molar-refractivity contribution is 0.482. The van der Waals surface area contributed by atoms with Crippen LogP contribution in [0.25, 0.3) is 44.4 Å². The minimum Gasteiger partial charge on any atom is -0.457 e. The van der Waals surface area contributed by atoms with Crippen LogP contribution in [0.2, 0.25) is 0 Å². The average Bonchev–Trinajstić information content (AvgIpc) is 3.56. The number of benzene rings is 4. The molecular weight excluding hydrogens is 578 g/mol. The molecule has 236 valence electrons. The fourth-order valence-electron chi connectivity index (χ4n) is 6.86. The Labute approximate surface area is 276 Å². The van der Waals surface area contributed by atoms with Crippen LogP contribution in [0.5, 0.6) is 11.5 Å². The van der Waals surface area contributed by atoms with Gasteiger partial charge in [0.2, 0.25) is 0 Å². The molecule has 3 heterocycles. The molecule has 7 rings (SSSR count). The van der Waals surface area contributed by atoms with Gasteiger partial charge in [0.25, 0.3) is 0 Å². The van der Waals surface area contributed by atoms with E-state index in [2.05, 4.69) is 130 Å². The van der Waals surface area contributed by atoms with Crippen molar-refractivity contribution in [2.75, 3.05) is 19.0 Å². The molecule has 0 spiro atoms. The predicted octanol–water partition coefficient (Wildman–Crippen LogP) is 9.94. The number of hydrogen-bond acceptors (Lipinski definition) is 4. The summed E-state index contributed by atoms with van der Waals surface area (Å²) in [7, 11) is 4.22. The summed E-state index contributed by atoms with van der Waals surface area (Å²) in [6, 6.07) is 31.8. The first kappa shape index (κ1) is 30.3. The van der Waals surface area contributed by atoms with E-state index in [1.165, 1.54) is 38.9 Å². The maximum atomic E-state index is 6.55. The quantitative estimate of drug-likeness (QED) is 0.170. The van der Waals surface area contributed by atoms with Crippen molar-refractivity contribution in [3.05, 3.63) is 125 Å². The van der Waals surface area contributed by atoms with Gasteiger partial charge in [0, 0.05) is 60.1 Å². The lowest BCUT2D eigenvalue weighted by atomic mass is 9.90. The van der Waals surface area contributed by atoms with Crippen LogP contribution in [0.4, 0.5) is 5.69 Å². The number of pyridine rings is 1. The van der Waals surface area contributed by atoms with Gasteiger partial charge < -0.3 is 9.64 Å². The molecule has 3 aromatic heterocycles. The van der Waals surface area contributed by atoms with Crippen LogP contribution in [0.3, 0.4) is 0 Å². The van der Waals surface area contributed by atoms with E-state index < -0.39 is 0 Å². The number of fused-ring (bicyclic) bond motifs is 3. The second-order valence-corrected chi connectivity index (χ2v) is 12.5. The molecular formula is C41H41N5O. The van der Waals surface area contributed by atoms with Gasteiger partial charge >= 0.3 is 0 Å². The second-order valence-electron chi connectivity index (χ2n) is 12.5. The molecule has 0 amide bonds. The summed E-state index contributed by atoms with van der Waals surface area (Å²) in [6.45, 7) is 10.9. The zero-order valence-corrected chi connectivity index (χ0v) is 28.3. The molecule has 0 bridgehead atoms. The van der Waals surface area contributed by atoms with Gasteiger partial charge in [-0.1, -0.05) is 38.1 Å². The van der Waals surface area contributed by atoms with Gasteiger partial charge in [0.15, 0.2) is 0 Å². The van der Waals surface area contributed by atoms with Crippen LogP contribution in [-0.4, -0.2) is 33.4 Å². The molecule has 0 fully saturated rings. The Morgan fingerprint density at radius 3 is 2.15 bits per heavy atom. The minimum absolute atomic E-state index is 0.756. The summed E-state index contributed by atoms with van der Waals surface area (Å²) in [5.41, 5.74) is 12.9. The summed E-state index contributed by atoms with van der Waals surface area (Å²) in [5.74, 6) is 2.41. The summed E-state index contributed by atoms with van der Waals surface area (Å²) in [6.07, 6.45) is 3.79. The van der Waals surface area contributed by atoms with Crippen molar-refractivity contribution in [1.29, 1.82) is 0 Å². The fourth-order valence-corrected chi connectivity index (χ4v) is 6.86. The number of hydrogen-bond donors (Lipinski definition) is 0. The number of aromatic nitrogens is 4. The van der Waals surface area contributed by atoms with E-state index in [4.69, 9.17) is 14.8 Å². The molecule has 0 aliphatic rings. The van der Waals surface area contributed by atoms with Crippen LogP contribution in [0, 0.1) is 20.8 Å². The van der Waals surface area contributed by atoms with Crippen LogP contribution in [0.15, 0.2) is 97.2 Å².